The van der Waals surface area contributed by atoms with E-state index in [1.54, 1.807) is 38.1 Å². The molecule has 1 aromatic rings. The molecular formula is C15H20BrNO4. The highest BCUT2D eigenvalue weighted by Gasteiger charge is 2.39. The van der Waals surface area contributed by atoms with Crippen LogP contribution in [0.2, 0.25) is 0 Å². The van der Waals surface area contributed by atoms with Gasteiger partial charge in [0.05, 0.1) is 11.9 Å². The van der Waals surface area contributed by atoms with E-state index in [0.717, 1.165) is 0 Å². The molecule has 0 bridgehead atoms. The van der Waals surface area contributed by atoms with E-state index in [1.165, 1.54) is 0 Å². The van der Waals surface area contributed by atoms with Gasteiger partial charge in [-0.25, -0.2) is 0 Å². The van der Waals surface area contributed by atoms with Crippen LogP contribution in [0, 0.1) is 0 Å². The number of Topliss-reactive ketones (excluding diaryl/α,β-unsaturated/α-hetero) is 1. The highest BCUT2D eigenvalue weighted by atomic mass is 79.9. The molecule has 0 heterocycles. The Balaban J connectivity index is 2.67. The third-order valence-electron chi connectivity index (χ3n) is 2.78. The highest BCUT2D eigenvalue weighted by Crippen LogP contribution is 2.17. The zero-order valence-electron chi connectivity index (χ0n) is 12.2. The molecule has 1 rings (SSSR count). The van der Waals surface area contributed by atoms with Crippen molar-refractivity contribution >= 4 is 27.6 Å². The van der Waals surface area contributed by atoms with Gasteiger partial charge in [0.15, 0.2) is 5.78 Å². The van der Waals surface area contributed by atoms with Crippen molar-refractivity contribution in [3.05, 3.63) is 35.9 Å². The summed E-state index contributed by atoms with van der Waals surface area (Å²) in [7, 11) is 0. The number of benzene rings is 1. The molecule has 0 spiro atoms. The molecule has 0 fully saturated rings. The van der Waals surface area contributed by atoms with Gasteiger partial charge in [0, 0.05) is 18.8 Å². The molecule has 1 amide bonds. The number of hydrogen-bond acceptors (Lipinski definition) is 4. The lowest BCUT2D eigenvalue weighted by molar-refractivity contribution is -0.215. The normalized spacial score (nSPS) is 11.2. The topological polar surface area (TPSA) is 64.6 Å². The zero-order chi connectivity index (χ0) is 15.7. The smallest absolute Gasteiger partial charge is 0.281 e. The summed E-state index contributed by atoms with van der Waals surface area (Å²) in [5, 5.41) is 2.76. The number of halogens is 1. The Morgan fingerprint density at radius 1 is 1.14 bits per heavy atom. The SMILES string of the molecule is CCOC(CBr)(OCC)C(=O)NCC(=O)c1ccccc1. The monoisotopic (exact) mass is 357 g/mol. The van der Waals surface area contributed by atoms with Gasteiger partial charge in [-0.2, -0.15) is 0 Å². The summed E-state index contributed by atoms with van der Waals surface area (Å²) in [6, 6.07) is 8.79. The second-order valence-electron chi connectivity index (χ2n) is 4.22. The van der Waals surface area contributed by atoms with Gasteiger partial charge < -0.3 is 14.8 Å². The number of rotatable bonds is 9. The third-order valence-corrected chi connectivity index (χ3v) is 3.52. The van der Waals surface area contributed by atoms with Gasteiger partial charge in [-0.3, -0.25) is 9.59 Å². The van der Waals surface area contributed by atoms with Crippen molar-refractivity contribution in [1.29, 1.82) is 0 Å². The van der Waals surface area contributed by atoms with E-state index in [0.29, 0.717) is 18.8 Å². The van der Waals surface area contributed by atoms with E-state index in [1.807, 2.05) is 6.07 Å². The maximum absolute atomic E-state index is 12.3. The van der Waals surface area contributed by atoms with Gasteiger partial charge in [-0.15, -0.1) is 0 Å². The van der Waals surface area contributed by atoms with Gasteiger partial charge in [0.1, 0.15) is 0 Å². The molecule has 1 aromatic carbocycles. The van der Waals surface area contributed by atoms with Crippen molar-refractivity contribution < 1.29 is 19.1 Å². The van der Waals surface area contributed by atoms with Crippen LogP contribution in [0.4, 0.5) is 0 Å². The minimum atomic E-state index is -1.40. The molecule has 0 aromatic heterocycles. The van der Waals surface area contributed by atoms with Crippen LogP contribution >= 0.6 is 15.9 Å². The fourth-order valence-corrected chi connectivity index (χ4v) is 2.38. The summed E-state index contributed by atoms with van der Waals surface area (Å²) >= 11 is 3.23. The molecule has 0 radical (unpaired) electrons. The first-order valence-corrected chi connectivity index (χ1v) is 7.92. The van der Waals surface area contributed by atoms with Gasteiger partial charge in [0.25, 0.3) is 11.7 Å². The van der Waals surface area contributed by atoms with Crippen LogP contribution in [0.25, 0.3) is 0 Å². The summed E-state index contributed by atoms with van der Waals surface area (Å²) in [6.07, 6.45) is 0. The Bertz CT molecular complexity index is 458. The van der Waals surface area contributed by atoms with Crippen molar-refractivity contribution in [3.8, 4) is 0 Å². The molecule has 21 heavy (non-hydrogen) atoms. The molecule has 0 saturated carbocycles. The minimum absolute atomic E-state index is 0.0995. The number of nitrogens with one attached hydrogen (secondary N) is 1. The van der Waals surface area contributed by atoms with E-state index in [-0.39, 0.29) is 17.7 Å². The summed E-state index contributed by atoms with van der Waals surface area (Å²) in [6.45, 7) is 4.10. The van der Waals surface area contributed by atoms with Crippen LogP contribution in [-0.4, -0.2) is 42.6 Å². The lowest BCUT2D eigenvalue weighted by atomic mass is 10.1. The largest absolute Gasteiger partial charge is 0.344 e. The van der Waals surface area contributed by atoms with Crippen LogP contribution in [0.3, 0.4) is 0 Å². The van der Waals surface area contributed by atoms with Crippen molar-refractivity contribution in [1.82, 2.24) is 5.32 Å². The van der Waals surface area contributed by atoms with Crippen molar-refractivity contribution in [2.24, 2.45) is 0 Å². The lowest BCUT2D eigenvalue weighted by Crippen LogP contribution is -2.53. The van der Waals surface area contributed by atoms with E-state index in [9.17, 15) is 9.59 Å². The summed E-state index contributed by atoms with van der Waals surface area (Å²) in [5.41, 5.74) is 0.551. The standard InChI is InChI=1S/C15H20BrNO4/c1-3-20-15(11-16,21-4-2)14(19)17-10-13(18)12-8-6-5-7-9-12/h5-9H,3-4,10-11H2,1-2H3,(H,17,19). The van der Waals surface area contributed by atoms with Crippen LogP contribution in [0.5, 0.6) is 0 Å². The summed E-state index contributed by atoms with van der Waals surface area (Å²) in [4.78, 5) is 24.2. The Morgan fingerprint density at radius 3 is 2.19 bits per heavy atom. The Kier molecular flexibility index (Phi) is 7.56. The highest BCUT2D eigenvalue weighted by molar-refractivity contribution is 9.09. The Morgan fingerprint density at radius 2 is 1.71 bits per heavy atom. The molecule has 1 N–H and O–H groups in total. The molecule has 6 heteroatoms. The quantitative estimate of drug-likeness (QED) is 0.417. The number of ketones is 1. The molecule has 0 saturated heterocycles. The molecule has 116 valence electrons. The summed E-state index contributed by atoms with van der Waals surface area (Å²) in [5.74, 6) is -2.03. The van der Waals surface area contributed by atoms with Crippen molar-refractivity contribution in [2.45, 2.75) is 19.6 Å². The van der Waals surface area contributed by atoms with Crippen LogP contribution in [0.15, 0.2) is 30.3 Å². The fraction of sp³-hybridized carbons (Fsp3) is 0.467. The first-order chi connectivity index (χ1) is 10.1. The Labute approximate surface area is 133 Å². The number of hydrogen-bond donors (Lipinski definition) is 1. The maximum atomic E-state index is 12.3. The third kappa shape index (κ3) is 4.91. The van der Waals surface area contributed by atoms with Crippen molar-refractivity contribution in [3.63, 3.8) is 0 Å². The zero-order valence-corrected chi connectivity index (χ0v) is 13.8. The predicted octanol–water partition coefficient (Wildman–Crippen LogP) is 2.15. The lowest BCUT2D eigenvalue weighted by Gasteiger charge is -2.29. The molecule has 0 aliphatic rings. The molecule has 5 nitrogen and oxygen atoms in total. The first-order valence-electron chi connectivity index (χ1n) is 6.80. The summed E-state index contributed by atoms with van der Waals surface area (Å²) < 4.78 is 10.9. The minimum Gasteiger partial charge on any atom is -0.344 e. The number of amides is 1. The van der Waals surface area contributed by atoms with E-state index < -0.39 is 11.7 Å². The van der Waals surface area contributed by atoms with Crippen molar-refractivity contribution in [2.75, 3.05) is 25.1 Å². The van der Waals surface area contributed by atoms with Gasteiger partial charge in [0.2, 0.25) is 0 Å². The van der Waals surface area contributed by atoms with Gasteiger partial charge in [-0.1, -0.05) is 46.3 Å². The second kappa shape index (κ2) is 8.92. The van der Waals surface area contributed by atoms with Gasteiger partial charge in [-0.05, 0) is 13.8 Å². The van der Waals surface area contributed by atoms with Crippen LogP contribution in [0.1, 0.15) is 24.2 Å². The molecule has 0 aliphatic carbocycles. The average molecular weight is 358 g/mol. The average Bonchev–Trinajstić information content (AvgIpc) is 2.52. The van der Waals surface area contributed by atoms with E-state index in [4.69, 9.17) is 9.47 Å². The van der Waals surface area contributed by atoms with E-state index >= 15 is 0 Å². The number of alkyl halides is 1. The van der Waals surface area contributed by atoms with Crippen LogP contribution in [-0.2, 0) is 14.3 Å². The number of carbonyl (C=O) groups is 2. The molecule has 0 unspecified atom stereocenters. The number of carbonyl (C=O) groups excluding carboxylic acids is 2. The molecule has 0 atom stereocenters. The predicted molar refractivity (Wildman–Crippen MR) is 83.6 cm³/mol. The molecule has 0 aliphatic heterocycles. The maximum Gasteiger partial charge on any atom is 0.281 e. The van der Waals surface area contributed by atoms with Crippen LogP contribution < -0.4 is 5.32 Å². The molecular weight excluding hydrogens is 338 g/mol. The second-order valence-corrected chi connectivity index (χ2v) is 4.79. The van der Waals surface area contributed by atoms with E-state index in [2.05, 4.69) is 21.2 Å². The fourth-order valence-electron chi connectivity index (χ4n) is 1.80. The van der Waals surface area contributed by atoms with Gasteiger partial charge >= 0.3 is 0 Å². The first kappa shape index (κ1) is 17.8. The number of ether oxygens (including phenoxy) is 2. The Hall–Kier alpha value is -1.24.